The lowest BCUT2D eigenvalue weighted by Gasteiger charge is -2.22. The lowest BCUT2D eigenvalue weighted by atomic mass is 9.83. The summed E-state index contributed by atoms with van der Waals surface area (Å²) in [5.74, 6) is -1.78. The summed E-state index contributed by atoms with van der Waals surface area (Å²) in [6.07, 6.45) is 8.95. The van der Waals surface area contributed by atoms with Crippen molar-refractivity contribution in [2.24, 2.45) is 4.99 Å². The summed E-state index contributed by atoms with van der Waals surface area (Å²) in [5.41, 5.74) is 3.45. The number of hydrogen-bond donors (Lipinski definition) is 1. The van der Waals surface area contributed by atoms with Crippen LogP contribution in [-0.2, 0) is 6.42 Å². The molecule has 5 heteroatoms. The molecule has 1 aliphatic rings. The molecular formula is C25H22F2N2O. The zero-order valence-electron chi connectivity index (χ0n) is 16.7. The van der Waals surface area contributed by atoms with Crippen molar-refractivity contribution >= 4 is 12.8 Å². The third-order valence-electron chi connectivity index (χ3n) is 5.37. The number of halogens is 2. The number of hydrogen-bond acceptors (Lipinski definition) is 3. The molecule has 0 amide bonds. The van der Waals surface area contributed by atoms with Crippen molar-refractivity contribution in [3.63, 3.8) is 0 Å². The smallest absolute Gasteiger partial charge is 0.129 e. The topological polar surface area (TPSA) is 56.4 Å². The van der Waals surface area contributed by atoms with E-state index in [0.717, 1.165) is 17.2 Å². The van der Waals surface area contributed by atoms with E-state index in [1.807, 2.05) is 30.4 Å². The molecule has 1 aliphatic carbocycles. The predicted octanol–water partition coefficient (Wildman–Crippen LogP) is 6.21. The zero-order chi connectivity index (χ0) is 21.7. The number of benzene rings is 2. The second-order valence-electron chi connectivity index (χ2n) is 7.16. The van der Waals surface area contributed by atoms with E-state index in [1.165, 1.54) is 12.1 Å². The van der Waals surface area contributed by atoms with Crippen LogP contribution in [0.3, 0.4) is 0 Å². The molecule has 1 atom stereocenters. The Labute approximate surface area is 175 Å². The van der Waals surface area contributed by atoms with E-state index in [2.05, 4.69) is 17.8 Å². The van der Waals surface area contributed by atoms with Crippen LogP contribution in [0.4, 0.5) is 8.78 Å². The molecule has 0 heterocycles. The van der Waals surface area contributed by atoms with Crippen molar-refractivity contribution < 1.29 is 13.9 Å². The van der Waals surface area contributed by atoms with Crippen molar-refractivity contribution in [1.29, 1.82) is 5.26 Å². The highest BCUT2D eigenvalue weighted by atomic mass is 19.1. The Morgan fingerprint density at radius 1 is 1.23 bits per heavy atom. The van der Waals surface area contributed by atoms with Crippen LogP contribution >= 0.6 is 0 Å². The lowest BCUT2D eigenvalue weighted by molar-refractivity contribution is 0.455. The number of rotatable bonds is 6. The fourth-order valence-corrected chi connectivity index (χ4v) is 3.74. The zero-order valence-corrected chi connectivity index (χ0v) is 16.7. The number of allylic oxidation sites excluding steroid dienone is 5. The van der Waals surface area contributed by atoms with Gasteiger partial charge in [0.05, 0.1) is 11.8 Å². The molecule has 0 radical (unpaired) electrons. The van der Waals surface area contributed by atoms with Crippen molar-refractivity contribution in [3.05, 3.63) is 93.7 Å². The molecule has 1 N–H and O–H groups in total. The maximum Gasteiger partial charge on any atom is 0.129 e. The third kappa shape index (κ3) is 4.38. The number of fused-ring (bicyclic) bond motifs is 1. The number of aromatic hydroxyl groups is 1. The molecule has 2 aromatic carbocycles. The number of phenols is 1. The summed E-state index contributed by atoms with van der Waals surface area (Å²) in [7, 11) is 0. The first-order valence-corrected chi connectivity index (χ1v) is 9.65. The third-order valence-corrected chi connectivity index (χ3v) is 5.37. The fourth-order valence-electron chi connectivity index (χ4n) is 3.74. The summed E-state index contributed by atoms with van der Waals surface area (Å²) < 4.78 is 28.2. The monoisotopic (exact) mass is 404 g/mol. The average molecular weight is 404 g/mol. The molecule has 152 valence electrons. The van der Waals surface area contributed by atoms with Gasteiger partial charge in [0.1, 0.15) is 17.4 Å². The van der Waals surface area contributed by atoms with Crippen molar-refractivity contribution in [2.45, 2.75) is 32.1 Å². The highest BCUT2D eigenvalue weighted by Gasteiger charge is 2.24. The lowest BCUT2D eigenvalue weighted by Crippen LogP contribution is -2.07. The van der Waals surface area contributed by atoms with Gasteiger partial charge in [-0.15, -0.1) is 0 Å². The summed E-state index contributed by atoms with van der Waals surface area (Å²) in [5, 5.41) is 20.2. The maximum absolute atomic E-state index is 14.7. The normalized spacial score (nSPS) is 14.3. The largest absolute Gasteiger partial charge is 0.507 e. The van der Waals surface area contributed by atoms with Crippen LogP contribution in [0.25, 0.3) is 6.08 Å². The van der Waals surface area contributed by atoms with Gasteiger partial charge < -0.3 is 5.11 Å². The first-order chi connectivity index (χ1) is 14.5. The Hall–Kier alpha value is -3.52. The second-order valence-corrected chi connectivity index (χ2v) is 7.16. The molecule has 2 aromatic rings. The Bertz CT molecular complexity index is 1110. The van der Waals surface area contributed by atoms with Crippen molar-refractivity contribution in [2.75, 3.05) is 0 Å². The minimum atomic E-state index is -0.678. The maximum atomic E-state index is 14.7. The highest BCUT2D eigenvalue weighted by molar-refractivity contribution is 5.63. The number of nitriles is 1. The number of phenolic OH excluding ortho intramolecular Hbond substituents is 1. The summed E-state index contributed by atoms with van der Waals surface area (Å²) in [6, 6.07) is 9.18. The van der Waals surface area contributed by atoms with Gasteiger partial charge in [-0.25, -0.2) is 8.78 Å². The Balaban J connectivity index is 2.10. The van der Waals surface area contributed by atoms with Crippen molar-refractivity contribution in [1.82, 2.24) is 0 Å². The Kier molecular flexibility index (Phi) is 6.58. The van der Waals surface area contributed by atoms with E-state index < -0.39 is 17.6 Å². The van der Waals surface area contributed by atoms with Crippen LogP contribution in [-0.4, -0.2) is 11.8 Å². The molecule has 0 bridgehead atoms. The van der Waals surface area contributed by atoms with Gasteiger partial charge >= 0.3 is 0 Å². The van der Waals surface area contributed by atoms with Gasteiger partial charge in [-0.1, -0.05) is 42.5 Å². The SMILES string of the molecule is C=NC(CCC(c1ccc(F)cc1F)c1ccc2c(c1O)CC=CC=C2)=C(C)C#N. The first kappa shape index (κ1) is 21.2. The van der Waals surface area contributed by atoms with Crippen LogP contribution in [0.15, 0.2) is 64.8 Å². The molecule has 1 unspecified atom stereocenters. The Morgan fingerprint density at radius 3 is 2.70 bits per heavy atom. The van der Waals surface area contributed by atoms with E-state index in [-0.39, 0.29) is 11.3 Å². The van der Waals surface area contributed by atoms with Gasteiger partial charge in [0, 0.05) is 28.7 Å². The van der Waals surface area contributed by atoms with Crippen LogP contribution in [0, 0.1) is 23.0 Å². The van der Waals surface area contributed by atoms with Gasteiger partial charge in [-0.05, 0) is 50.1 Å². The van der Waals surface area contributed by atoms with Gasteiger partial charge in [0.25, 0.3) is 0 Å². The first-order valence-electron chi connectivity index (χ1n) is 9.65. The van der Waals surface area contributed by atoms with E-state index in [4.69, 9.17) is 5.26 Å². The van der Waals surface area contributed by atoms with Crippen molar-refractivity contribution in [3.8, 4) is 11.8 Å². The van der Waals surface area contributed by atoms with Gasteiger partial charge in [0.2, 0.25) is 0 Å². The minimum Gasteiger partial charge on any atom is -0.507 e. The summed E-state index contributed by atoms with van der Waals surface area (Å²) in [4.78, 5) is 3.93. The van der Waals surface area contributed by atoms with Crippen LogP contribution in [0.2, 0.25) is 0 Å². The molecule has 0 saturated carbocycles. The standard InChI is InChI=1S/C25H22F2N2O/c1-16(15-28)24(29-2)13-12-20(21-11-9-18(26)14-23(21)27)22-10-8-17-6-4-3-5-7-19(17)25(22)30/h3-6,8-11,14,20,30H,2,7,12-13H2,1H3. The fraction of sp³-hybridized carbons (Fsp3) is 0.200. The summed E-state index contributed by atoms with van der Waals surface area (Å²) in [6.45, 7) is 5.17. The highest BCUT2D eigenvalue weighted by Crippen LogP contribution is 2.40. The Morgan fingerprint density at radius 2 is 2.00 bits per heavy atom. The van der Waals surface area contributed by atoms with Crippen LogP contribution < -0.4 is 0 Å². The molecule has 0 aliphatic heterocycles. The second kappa shape index (κ2) is 9.32. The molecule has 3 nitrogen and oxygen atoms in total. The van der Waals surface area contributed by atoms with E-state index in [0.29, 0.717) is 36.1 Å². The van der Waals surface area contributed by atoms with Gasteiger partial charge in [-0.2, -0.15) is 5.26 Å². The quantitative estimate of drug-likeness (QED) is 0.460. The molecule has 3 rings (SSSR count). The van der Waals surface area contributed by atoms with E-state index in [9.17, 15) is 13.9 Å². The number of nitrogens with zero attached hydrogens (tertiary/aromatic N) is 2. The molecule has 0 spiro atoms. The average Bonchev–Trinajstić information content (AvgIpc) is 2.99. The molecule has 0 saturated heterocycles. The van der Waals surface area contributed by atoms with E-state index in [1.54, 1.807) is 13.0 Å². The van der Waals surface area contributed by atoms with Gasteiger partial charge in [0.15, 0.2) is 0 Å². The molecule has 0 fully saturated rings. The predicted molar refractivity (Wildman–Crippen MR) is 115 cm³/mol. The molecule has 0 aromatic heterocycles. The van der Waals surface area contributed by atoms with E-state index >= 15 is 0 Å². The summed E-state index contributed by atoms with van der Waals surface area (Å²) >= 11 is 0. The molecular weight excluding hydrogens is 382 g/mol. The molecule has 30 heavy (non-hydrogen) atoms. The van der Waals surface area contributed by atoms with Crippen LogP contribution in [0.5, 0.6) is 5.75 Å². The van der Waals surface area contributed by atoms with Gasteiger partial charge in [-0.3, -0.25) is 4.99 Å². The number of aliphatic imine (C=N–C) groups is 1. The minimum absolute atomic E-state index is 0.103. The van der Waals surface area contributed by atoms with Crippen LogP contribution in [0.1, 0.15) is 47.9 Å².